The standard InChI is InChI=1S/C15H23NO/c1-3-11(2)15(17)10-16-14-8-12-6-4-5-7-13(12)9-14/h4-7,11,14-17H,3,8-10H2,1-2H3. The number of aliphatic hydroxyl groups is 1. The molecule has 94 valence electrons. The van der Waals surface area contributed by atoms with Crippen LogP contribution in [0.3, 0.4) is 0 Å². The van der Waals surface area contributed by atoms with Crippen LogP contribution in [0.5, 0.6) is 0 Å². The van der Waals surface area contributed by atoms with Crippen molar-refractivity contribution in [3.05, 3.63) is 35.4 Å². The zero-order valence-corrected chi connectivity index (χ0v) is 10.8. The molecule has 1 aromatic carbocycles. The third kappa shape index (κ3) is 3.08. The van der Waals surface area contributed by atoms with Crippen molar-refractivity contribution in [2.75, 3.05) is 6.54 Å². The molecule has 2 nitrogen and oxygen atoms in total. The van der Waals surface area contributed by atoms with Crippen LogP contribution in [0.25, 0.3) is 0 Å². The van der Waals surface area contributed by atoms with Crippen LogP contribution in [-0.4, -0.2) is 23.8 Å². The molecule has 2 unspecified atom stereocenters. The summed E-state index contributed by atoms with van der Waals surface area (Å²) < 4.78 is 0. The Balaban J connectivity index is 1.80. The maximum Gasteiger partial charge on any atom is 0.0690 e. The van der Waals surface area contributed by atoms with Gasteiger partial charge >= 0.3 is 0 Å². The number of rotatable bonds is 5. The molecule has 0 aromatic heterocycles. The predicted octanol–water partition coefficient (Wildman–Crippen LogP) is 2.15. The number of hydrogen-bond donors (Lipinski definition) is 2. The lowest BCUT2D eigenvalue weighted by atomic mass is 10.0. The first-order valence-electron chi connectivity index (χ1n) is 6.69. The van der Waals surface area contributed by atoms with Gasteiger partial charge in [-0.25, -0.2) is 0 Å². The Hall–Kier alpha value is -0.860. The third-order valence-electron chi connectivity index (χ3n) is 3.97. The number of aliphatic hydroxyl groups excluding tert-OH is 1. The van der Waals surface area contributed by atoms with Crippen LogP contribution in [0.4, 0.5) is 0 Å². The number of benzene rings is 1. The van der Waals surface area contributed by atoms with Crippen molar-refractivity contribution in [2.24, 2.45) is 5.92 Å². The predicted molar refractivity (Wildman–Crippen MR) is 71.1 cm³/mol. The van der Waals surface area contributed by atoms with Crippen molar-refractivity contribution in [1.82, 2.24) is 5.32 Å². The van der Waals surface area contributed by atoms with Crippen molar-refractivity contribution in [3.8, 4) is 0 Å². The summed E-state index contributed by atoms with van der Waals surface area (Å²) in [4.78, 5) is 0. The van der Waals surface area contributed by atoms with Crippen LogP contribution in [0.15, 0.2) is 24.3 Å². The minimum absolute atomic E-state index is 0.219. The van der Waals surface area contributed by atoms with E-state index in [2.05, 4.69) is 43.4 Å². The summed E-state index contributed by atoms with van der Waals surface area (Å²) in [5, 5.41) is 13.4. The second-order valence-corrected chi connectivity index (χ2v) is 5.24. The molecule has 0 spiro atoms. The quantitative estimate of drug-likeness (QED) is 0.817. The van der Waals surface area contributed by atoms with E-state index in [1.165, 1.54) is 11.1 Å². The van der Waals surface area contributed by atoms with Crippen LogP contribution in [0.2, 0.25) is 0 Å². The highest BCUT2D eigenvalue weighted by atomic mass is 16.3. The molecule has 0 bridgehead atoms. The largest absolute Gasteiger partial charge is 0.392 e. The Morgan fingerprint density at radius 1 is 1.29 bits per heavy atom. The van der Waals surface area contributed by atoms with Crippen LogP contribution in [-0.2, 0) is 12.8 Å². The van der Waals surface area contributed by atoms with Gasteiger partial charge < -0.3 is 10.4 Å². The normalized spacial score (nSPS) is 19.0. The molecule has 0 radical (unpaired) electrons. The molecule has 17 heavy (non-hydrogen) atoms. The molecule has 0 saturated heterocycles. The van der Waals surface area contributed by atoms with Gasteiger partial charge in [0.15, 0.2) is 0 Å². The molecular formula is C15H23NO. The van der Waals surface area contributed by atoms with Gasteiger partial charge in [-0.15, -0.1) is 0 Å². The summed E-state index contributed by atoms with van der Waals surface area (Å²) in [7, 11) is 0. The zero-order chi connectivity index (χ0) is 12.3. The molecule has 0 fully saturated rings. The molecule has 0 saturated carbocycles. The Kier molecular flexibility index (Phi) is 4.19. The summed E-state index contributed by atoms with van der Waals surface area (Å²) >= 11 is 0. The van der Waals surface area contributed by atoms with Crippen LogP contribution < -0.4 is 5.32 Å². The fraction of sp³-hybridized carbons (Fsp3) is 0.600. The highest BCUT2D eigenvalue weighted by molar-refractivity contribution is 5.33. The molecule has 0 heterocycles. The number of fused-ring (bicyclic) bond motifs is 1. The first-order valence-corrected chi connectivity index (χ1v) is 6.69. The fourth-order valence-corrected chi connectivity index (χ4v) is 2.46. The molecule has 2 rings (SSSR count). The minimum atomic E-state index is -0.219. The van der Waals surface area contributed by atoms with Gasteiger partial charge in [0.25, 0.3) is 0 Å². The SMILES string of the molecule is CCC(C)C(O)CNC1Cc2ccccc2C1. The maximum absolute atomic E-state index is 9.93. The van der Waals surface area contributed by atoms with E-state index >= 15 is 0 Å². The lowest BCUT2D eigenvalue weighted by Gasteiger charge is -2.20. The summed E-state index contributed by atoms with van der Waals surface area (Å²) in [6, 6.07) is 9.14. The van der Waals surface area contributed by atoms with Gasteiger partial charge in [0.05, 0.1) is 6.10 Å². The van der Waals surface area contributed by atoms with E-state index in [0.29, 0.717) is 18.5 Å². The Morgan fingerprint density at radius 2 is 1.88 bits per heavy atom. The van der Waals surface area contributed by atoms with Gasteiger partial charge in [-0.2, -0.15) is 0 Å². The Bertz CT molecular complexity index is 339. The van der Waals surface area contributed by atoms with Gasteiger partial charge in [-0.05, 0) is 29.9 Å². The smallest absolute Gasteiger partial charge is 0.0690 e. The van der Waals surface area contributed by atoms with E-state index in [9.17, 15) is 5.11 Å². The lowest BCUT2D eigenvalue weighted by molar-refractivity contribution is 0.110. The topological polar surface area (TPSA) is 32.3 Å². The van der Waals surface area contributed by atoms with E-state index in [-0.39, 0.29) is 6.10 Å². The second-order valence-electron chi connectivity index (χ2n) is 5.24. The summed E-state index contributed by atoms with van der Waals surface area (Å²) in [6.45, 7) is 4.95. The average molecular weight is 233 g/mol. The fourth-order valence-electron chi connectivity index (χ4n) is 2.46. The highest BCUT2D eigenvalue weighted by Crippen LogP contribution is 2.21. The summed E-state index contributed by atoms with van der Waals surface area (Å²) in [5.74, 6) is 0.381. The van der Waals surface area contributed by atoms with E-state index in [0.717, 1.165) is 19.3 Å². The van der Waals surface area contributed by atoms with Gasteiger partial charge in [0, 0.05) is 12.6 Å². The highest BCUT2D eigenvalue weighted by Gasteiger charge is 2.21. The lowest BCUT2D eigenvalue weighted by Crippen LogP contribution is -2.38. The molecule has 0 aliphatic heterocycles. The molecule has 2 heteroatoms. The molecule has 1 aliphatic carbocycles. The first-order chi connectivity index (χ1) is 8.20. The Labute approximate surface area is 104 Å². The van der Waals surface area contributed by atoms with Crippen molar-refractivity contribution in [2.45, 2.75) is 45.3 Å². The summed E-state index contributed by atoms with van der Waals surface area (Å²) in [5.41, 5.74) is 2.92. The van der Waals surface area contributed by atoms with E-state index in [1.54, 1.807) is 0 Å². The van der Waals surface area contributed by atoms with Crippen LogP contribution in [0, 0.1) is 5.92 Å². The summed E-state index contributed by atoms with van der Waals surface area (Å²) in [6.07, 6.45) is 3.02. The monoisotopic (exact) mass is 233 g/mol. The van der Waals surface area contributed by atoms with E-state index in [1.807, 2.05) is 0 Å². The average Bonchev–Trinajstić information content (AvgIpc) is 2.77. The molecular weight excluding hydrogens is 210 g/mol. The van der Waals surface area contributed by atoms with Gasteiger partial charge in [0.1, 0.15) is 0 Å². The molecule has 0 amide bonds. The van der Waals surface area contributed by atoms with Gasteiger partial charge in [-0.1, -0.05) is 44.5 Å². The van der Waals surface area contributed by atoms with Crippen molar-refractivity contribution < 1.29 is 5.11 Å². The molecule has 2 N–H and O–H groups in total. The van der Waals surface area contributed by atoms with Crippen LogP contribution >= 0.6 is 0 Å². The molecule has 1 aromatic rings. The molecule has 1 aliphatic rings. The van der Waals surface area contributed by atoms with E-state index in [4.69, 9.17) is 0 Å². The third-order valence-corrected chi connectivity index (χ3v) is 3.97. The zero-order valence-electron chi connectivity index (χ0n) is 10.8. The van der Waals surface area contributed by atoms with Crippen molar-refractivity contribution in [1.29, 1.82) is 0 Å². The maximum atomic E-state index is 9.93. The van der Waals surface area contributed by atoms with Gasteiger partial charge in [0.2, 0.25) is 0 Å². The van der Waals surface area contributed by atoms with Crippen molar-refractivity contribution in [3.63, 3.8) is 0 Å². The second kappa shape index (κ2) is 5.65. The van der Waals surface area contributed by atoms with Crippen LogP contribution in [0.1, 0.15) is 31.4 Å². The van der Waals surface area contributed by atoms with Gasteiger partial charge in [-0.3, -0.25) is 0 Å². The number of nitrogens with one attached hydrogen (secondary N) is 1. The molecule has 2 atom stereocenters. The van der Waals surface area contributed by atoms with Crippen molar-refractivity contribution >= 4 is 0 Å². The van der Waals surface area contributed by atoms with E-state index < -0.39 is 0 Å². The number of hydrogen-bond acceptors (Lipinski definition) is 2. The minimum Gasteiger partial charge on any atom is -0.392 e. The first kappa shape index (κ1) is 12.6. The Morgan fingerprint density at radius 3 is 2.41 bits per heavy atom.